The average molecular weight is 296 g/mol. The third-order valence-electron chi connectivity index (χ3n) is 3.32. The molecule has 2 heterocycles. The van der Waals surface area contributed by atoms with E-state index >= 15 is 0 Å². The van der Waals surface area contributed by atoms with Gasteiger partial charge in [0.05, 0.1) is 12.2 Å². The summed E-state index contributed by atoms with van der Waals surface area (Å²) in [5.41, 5.74) is 0.940. The Hall–Kier alpha value is -1.20. The highest BCUT2D eigenvalue weighted by molar-refractivity contribution is 7.11. The van der Waals surface area contributed by atoms with E-state index in [9.17, 15) is 4.79 Å². The van der Waals surface area contributed by atoms with Crippen molar-refractivity contribution in [1.29, 1.82) is 0 Å². The molecule has 0 aromatic carbocycles. The van der Waals surface area contributed by atoms with Gasteiger partial charge in [-0.3, -0.25) is 9.36 Å². The summed E-state index contributed by atoms with van der Waals surface area (Å²) in [6.07, 6.45) is 2.17. The zero-order valence-electron chi connectivity index (χ0n) is 10.8. The van der Waals surface area contributed by atoms with Crippen molar-refractivity contribution in [1.82, 2.24) is 14.5 Å². The fourth-order valence-electron chi connectivity index (χ4n) is 2.05. The van der Waals surface area contributed by atoms with Crippen LogP contribution in [0, 0.1) is 13.8 Å². The number of hydrogen-bond donors (Lipinski definition) is 0. The van der Waals surface area contributed by atoms with E-state index in [1.165, 1.54) is 10.9 Å². The van der Waals surface area contributed by atoms with Crippen LogP contribution >= 0.6 is 22.9 Å². The maximum Gasteiger partial charge on any atom is 0.255 e. The third kappa shape index (κ3) is 2.58. The fourth-order valence-corrected chi connectivity index (χ4v) is 3.15. The van der Waals surface area contributed by atoms with Crippen molar-refractivity contribution in [2.75, 3.05) is 0 Å². The Labute approximate surface area is 120 Å². The molecule has 2 aromatic heterocycles. The Morgan fingerprint density at radius 3 is 2.74 bits per heavy atom. The molecule has 0 spiro atoms. The molecule has 19 heavy (non-hydrogen) atoms. The summed E-state index contributed by atoms with van der Waals surface area (Å²) in [6.45, 7) is 4.52. The Kier molecular flexibility index (Phi) is 3.19. The normalized spacial score (nSPS) is 14.9. The zero-order valence-corrected chi connectivity index (χ0v) is 12.4. The number of thiazole rings is 1. The van der Waals surface area contributed by atoms with Crippen LogP contribution in [0.2, 0.25) is 5.15 Å². The third-order valence-corrected chi connectivity index (χ3v) is 4.57. The van der Waals surface area contributed by atoms with Crippen LogP contribution in [0.1, 0.15) is 40.2 Å². The minimum Gasteiger partial charge on any atom is -0.289 e. The Bertz CT molecular complexity index is 668. The molecule has 3 rings (SSSR count). The lowest BCUT2D eigenvalue weighted by Crippen LogP contribution is -2.24. The summed E-state index contributed by atoms with van der Waals surface area (Å²) in [5.74, 6) is 1.19. The summed E-state index contributed by atoms with van der Waals surface area (Å²) in [4.78, 5) is 22.1. The number of halogens is 1. The highest BCUT2D eigenvalue weighted by atomic mass is 35.5. The zero-order chi connectivity index (χ0) is 13.6. The van der Waals surface area contributed by atoms with Crippen molar-refractivity contribution >= 4 is 22.9 Å². The number of rotatable bonds is 3. The van der Waals surface area contributed by atoms with Gasteiger partial charge < -0.3 is 0 Å². The minimum absolute atomic E-state index is 0.0904. The van der Waals surface area contributed by atoms with Gasteiger partial charge >= 0.3 is 0 Å². The first-order valence-corrected chi connectivity index (χ1v) is 7.44. The van der Waals surface area contributed by atoms with Crippen LogP contribution in [0.15, 0.2) is 10.9 Å². The molecule has 6 heteroatoms. The summed E-state index contributed by atoms with van der Waals surface area (Å²) in [6, 6.07) is 1.38. The molecule has 0 aliphatic heterocycles. The van der Waals surface area contributed by atoms with Crippen LogP contribution in [-0.2, 0) is 6.54 Å². The first-order chi connectivity index (χ1) is 9.04. The maximum atomic E-state index is 12.1. The first-order valence-electron chi connectivity index (χ1n) is 6.25. The Morgan fingerprint density at radius 2 is 2.16 bits per heavy atom. The molecule has 0 saturated heterocycles. The smallest absolute Gasteiger partial charge is 0.255 e. The maximum absolute atomic E-state index is 12.1. The van der Waals surface area contributed by atoms with Gasteiger partial charge in [0.2, 0.25) is 0 Å². The van der Waals surface area contributed by atoms with E-state index in [0.29, 0.717) is 12.5 Å². The van der Waals surface area contributed by atoms with E-state index in [-0.39, 0.29) is 10.7 Å². The highest BCUT2D eigenvalue weighted by Gasteiger charge is 2.29. The second kappa shape index (κ2) is 4.72. The standard InChI is InChI=1S/C13H14ClN3OS/c1-7-8(2)19-11(15-7)6-17-12(18)5-10(14)16-13(17)9-3-4-9/h5,9H,3-4,6H2,1-2H3. The van der Waals surface area contributed by atoms with Crippen molar-refractivity contribution < 1.29 is 0 Å². The molecular formula is C13H14ClN3OS. The molecule has 100 valence electrons. The van der Waals surface area contributed by atoms with Crippen LogP contribution in [0.3, 0.4) is 0 Å². The molecular weight excluding hydrogens is 282 g/mol. The van der Waals surface area contributed by atoms with Gasteiger partial charge in [-0.25, -0.2) is 9.97 Å². The van der Waals surface area contributed by atoms with Crippen LogP contribution < -0.4 is 5.56 Å². The molecule has 0 bridgehead atoms. The molecule has 1 fully saturated rings. The van der Waals surface area contributed by atoms with Crippen molar-refractivity contribution in [2.24, 2.45) is 0 Å². The Balaban J connectivity index is 2.02. The van der Waals surface area contributed by atoms with Gasteiger partial charge in [0.15, 0.2) is 0 Å². The van der Waals surface area contributed by atoms with Crippen LogP contribution in [0.4, 0.5) is 0 Å². The minimum atomic E-state index is -0.0904. The molecule has 0 radical (unpaired) electrons. The average Bonchev–Trinajstić information content (AvgIpc) is 3.11. The molecule has 0 unspecified atom stereocenters. The lowest BCUT2D eigenvalue weighted by molar-refractivity contribution is 0.666. The fraction of sp³-hybridized carbons (Fsp3) is 0.462. The molecule has 1 saturated carbocycles. The molecule has 0 amide bonds. The quantitative estimate of drug-likeness (QED) is 0.818. The van der Waals surface area contributed by atoms with E-state index in [2.05, 4.69) is 9.97 Å². The number of nitrogens with zero attached hydrogens (tertiary/aromatic N) is 3. The predicted octanol–water partition coefficient (Wildman–Crippen LogP) is 2.90. The van der Waals surface area contributed by atoms with Crippen LogP contribution in [0.5, 0.6) is 0 Å². The summed E-state index contributed by atoms with van der Waals surface area (Å²) < 4.78 is 1.71. The second-order valence-electron chi connectivity index (χ2n) is 4.88. The summed E-state index contributed by atoms with van der Waals surface area (Å²) in [5, 5.41) is 1.23. The highest BCUT2D eigenvalue weighted by Crippen LogP contribution is 2.39. The molecule has 1 aliphatic rings. The summed E-state index contributed by atoms with van der Waals surface area (Å²) >= 11 is 7.52. The van der Waals surface area contributed by atoms with Crippen molar-refractivity contribution in [3.05, 3.63) is 43.0 Å². The SMILES string of the molecule is Cc1nc(Cn2c(C3CC3)nc(Cl)cc2=O)sc1C. The van der Waals surface area contributed by atoms with E-state index in [1.54, 1.807) is 15.9 Å². The summed E-state index contributed by atoms with van der Waals surface area (Å²) in [7, 11) is 0. The van der Waals surface area contributed by atoms with Crippen molar-refractivity contribution in [3.8, 4) is 0 Å². The van der Waals surface area contributed by atoms with E-state index in [1.807, 2.05) is 13.8 Å². The lowest BCUT2D eigenvalue weighted by Gasteiger charge is -2.09. The largest absolute Gasteiger partial charge is 0.289 e. The van der Waals surface area contributed by atoms with Gasteiger partial charge in [-0.15, -0.1) is 11.3 Å². The molecule has 1 aliphatic carbocycles. The van der Waals surface area contributed by atoms with Crippen LogP contribution in [-0.4, -0.2) is 14.5 Å². The Morgan fingerprint density at radius 1 is 1.42 bits per heavy atom. The van der Waals surface area contributed by atoms with Crippen LogP contribution in [0.25, 0.3) is 0 Å². The monoisotopic (exact) mass is 295 g/mol. The topological polar surface area (TPSA) is 47.8 Å². The molecule has 0 atom stereocenters. The van der Waals surface area contributed by atoms with Gasteiger partial charge in [-0.05, 0) is 26.7 Å². The van der Waals surface area contributed by atoms with Gasteiger partial charge in [-0.1, -0.05) is 11.6 Å². The predicted molar refractivity (Wildman–Crippen MR) is 76.2 cm³/mol. The van der Waals surface area contributed by atoms with E-state index in [4.69, 9.17) is 11.6 Å². The number of aromatic nitrogens is 3. The second-order valence-corrected chi connectivity index (χ2v) is 6.56. The van der Waals surface area contributed by atoms with Crippen molar-refractivity contribution in [3.63, 3.8) is 0 Å². The van der Waals surface area contributed by atoms with Gasteiger partial charge in [0.1, 0.15) is 16.0 Å². The molecule has 4 nitrogen and oxygen atoms in total. The number of hydrogen-bond acceptors (Lipinski definition) is 4. The molecule has 2 aromatic rings. The molecule has 0 N–H and O–H groups in total. The van der Waals surface area contributed by atoms with Crippen molar-refractivity contribution in [2.45, 2.75) is 39.2 Å². The van der Waals surface area contributed by atoms with E-state index < -0.39 is 0 Å². The van der Waals surface area contributed by atoms with E-state index in [0.717, 1.165) is 29.4 Å². The first kappa shape index (κ1) is 12.8. The lowest BCUT2D eigenvalue weighted by atomic mass is 10.3. The number of aryl methyl sites for hydroxylation is 2. The van der Waals surface area contributed by atoms with Gasteiger partial charge in [-0.2, -0.15) is 0 Å². The van der Waals surface area contributed by atoms with Gasteiger partial charge in [0.25, 0.3) is 5.56 Å². The van der Waals surface area contributed by atoms with Gasteiger partial charge in [0, 0.05) is 16.9 Å².